The van der Waals surface area contributed by atoms with E-state index in [4.69, 9.17) is 10.5 Å². The lowest BCUT2D eigenvalue weighted by molar-refractivity contribution is 0.0781. The van der Waals surface area contributed by atoms with Gasteiger partial charge in [0.15, 0.2) is 5.78 Å². The van der Waals surface area contributed by atoms with Crippen LogP contribution in [0, 0.1) is 11.6 Å². The lowest BCUT2D eigenvalue weighted by Crippen LogP contribution is -2.43. The number of hydrogen-bond acceptors (Lipinski definition) is 5. The predicted octanol–water partition coefficient (Wildman–Crippen LogP) is 3.02. The number of ether oxygens (including phenoxy) is 1. The van der Waals surface area contributed by atoms with Crippen molar-refractivity contribution in [1.29, 1.82) is 0 Å². The monoisotopic (exact) mass is 395 g/mol. The van der Waals surface area contributed by atoms with Gasteiger partial charge in [-0.1, -0.05) is 6.07 Å². The zero-order chi connectivity index (χ0) is 20.3. The summed E-state index contributed by atoms with van der Waals surface area (Å²) < 4.78 is 59.5. The molecule has 0 unspecified atom stereocenters. The van der Waals surface area contributed by atoms with Crippen LogP contribution in [0.3, 0.4) is 0 Å². The normalized spacial score (nSPS) is 21.7. The number of Topliss-reactive ketones (excluding diaryl/α,β-unsaturated/α-hetero) is 1. The molecule has 1 aliphatic heterocycles. The number of amidine groups is 1. The molecule has 148 valence electrons. The third-order valence-corrected chi connectivity index (χ3v) is 4.48. The molecule has 1 aliphatic rings. The first kappa shape index (κ1) is 19.8. The first-order valence-electron chi connectivity index (χ1n) is 8.44. The van der Waals surface area contributed by atoms with Crippen LogP contribution in [0.2, 0.25) is 0 Å². The highest BCUT2D eigenvalue weighted by Gasteiger charge is 2.42. The molecule has 1 aromatic heterocycles. The van der Waals surface area contributed by atoms with Crippen molar-refractivity contribution in [2.24, 2.45) is 10.7 Å². The number of rotatable bonds is 6. The van der Waals surface area contributed by atoms with E-state index in [2.05, 4.69) is 9.98 Å². The van der Waals surface area contributed by atoms with Gasteiger partial charge in [-0.2, -0.15) is 0 Å². The van der Waals surface area contributed by atoms with Crippen LogP contribution in [0.1, 0.15) is 28.0 Å². The van der Waals surface area contributed by atoms with E-state index in [-0.39, 0.29) is 24.1 Å². The van der Waals surface area contributed by atoms with Crippen molar-refractivity contribution in [2.75, 3.05) is 13.3 Å². The van der Waals surface area contributed by atoms with Gasteiger partial charge in [0.1, 0.15) is 42.3 Å². The molecule has 1 aromatic carbocycles. The Bertz CT molecular complexity index is 905. The van der Waals surface area contributed by atoms with E-state index in [1.54, 1.807) is 0 Å². The van der Waals surface area contributed by atoms with E-state index in [1.807, 2.05) is 0 Å². The fourth-order valence-electron chi connectivity index (χ4n) is 3.14. The summed E-state index contributed by atoms with van der Waals surface area (Å²) in [4.78, 5) is 19.9. The van der Waals surface area contributed by atoms with Crippen molar-refractivity contribution in [1.82, 2.24) is 4.98 Å². The maximum Gasteiger partial charge on any atom is 0.283 e. The lowest BCUT2D eigenvalue weighted by atomic mass is 9.84. The summed E-state index contributed by atoms with van der Waals surface area (Å²) in [5.74, 6) is -1.77. The van der Waals surface area contributed by atoms with Crippen LogP contribution in [-0.2, 0) is 16.7 Å². The van der Waals surface area contributed by atoms with E-state index in [0.29, 0.717) is 5.56 Å². The third kappa shape index (κ3) is 3.97. The van der Waals surface area contributed by atoms with Gasteiger partial charge in [0.25, 0.3) is 6.02 Å². The molecular formula is C19H17F4N3O2. The predicted molar refractivity (Wildman–Crippen MR) is 93.4 cm³/mol. The van der Waals surface area contributed by atoms with Gasteiger partial charge >= 0.3 is 0 Å². The van der Waals surface area contributed by atoms with E-state index in [1.165, 1.54) is 18.2 Å². The Hall–Kier alpha value is -2.97. The Kier molecular flexibility index (Phi) is 5.62. The SMILES string of the molecule is NC1=N[C@](CF)(c2cc(CC(=O)c3ccc(F)cn3)ccc2F)C[C@@H](CF)O1. The number of carbonyl (C=O) groups excluding carboxylic acids is 1. The van der Waals surface area contributed by atoms with Gasteiger partial charge in [-0.15, -0.1) is 0 Å². The average Bonchev–Trinajstić information content (AvgIpc) is 2.69. The molecule has 0 saturated heterocycles. The van der Waals surface area contributed by atoms with E-state index in [0.717, 1.165) is 18.3 Å². The Morgan fingerprint density at radius 1 is 1.25 bits per heavy atom. The van der Waals surface area contributed by atoms with Crippen molar-refractivity contribution in [3.8, 4) is 0 Å². The number of hydrogen-bond donors (Lipinski definition) is 1. The van der Waals surface area contributed by atoms with Crippen LogP contribution in [-0.4, -0.2) is 36.2 Å². The molecule has 2 N–H and O–H groups in total. The van der Waals surface area contributed by atoms with Crippen molar-refractivity contribution >= 4 is 11.8 Å². The summed E-state index contributed by atoms with van der Waals surface area (Å²) in [7, 11) is 0. The number of benzene rings is 1. The van der Waals surface area contributed by atoms with E-state index in [9.17, 15) is 22.4 Å². The van der Waals surface area contributed by atoms with Gasteiger partial charge in [-0.05, 0) is 29.8 Å². The quantitative estimate of drug-likeness (QED) is 0.603. The number of aromatic nitrogens is 1. The molecule has 0 spiro atoms. The lowest BCUT2D eigenvalue weighted by Gasteiger charge is -2.35. The smallest absolute Gasteiger partial charge is 0.283 e. The van der Waals surface area contributed by atoms with Crippen LogP contribution in [0.4, 0.5) is 17.6 Å². The molecule has 5 nitrogen and oxygen atoms in total. The molecular weight excluding hydrogens is 378 g/mol. The molecule has 2 aromatic rings. The van der Waals surface area contributed by atoms with Gasteiger partial charge in [-0.25, -0.2) is 22.6 Å². The number of carbonyl (C=O) groups is 1. The van der Waals surface area contributed by atoms with Gasteiger partial charge in [-0.3, -0.25) is 9.78 Å². The Morgan fingerprint density at radius 3 is 2.68 bits per heavy atom. The summed E-state index contributed by atoms with van der Waals surface area (Å²) in [5, 5.41) is 0. The summed E-state index contributed by atoms with van der Waals surface area (Å²) >= 11 is 0. The largest absolute Gasteiger partial charge is 0.459 e. The Labute approximate surface area is 158 Å². The fraction of sp³-hybridized carbons (Fsp3) is 0.316. The van der Waals surface area contributed by atoms with Crippen LogP contribution < -0.4 is 5.73 Å². The molecule has 0 saturated carbocycles. The molecule has 0 bridgehead atoms. The highest BCUT2D eigenvalue weighted by Crippen LogP contribution is 2.37. The number of nitrogens with zero attached hydrogens (tertiary/aromatic N) is 2. The van der Waals surface area contributed by atoms with Gasteiger partial charge in [0.05, 0.1) is 6.20 Å². The number of alkyl halides is 2. The zero-order valence-corrected chi connectivity index (χ0v) is 14.7. The number of pyridine rings is 1. The first-order chi connectivity index (χ1) is 13.4. The maximum atomic E-state index is 14.5. The van der Waals surface area contributed by atoms with Crippen molar-refractivity contribution in [3.63, 3.8) is 0 Å². The van der Waals surface area contributed by atoms with Crippen LogP contribution in [0.5, 0.6) is 0 Å². The van der Waals surface area contributed by atoms with Crippen LogP contribution in [0.15, 0.2) is 41.5 Å². The topological polar surface area (TPSA) is 77.6 Å². The number of ketones is 1. The molecule has 2 heterocycles. The zero-order valence-electron chi connectivity index (χ0n) is 14.7. The van der Waals surface area contributed by atoms with Crippen molar-refractivity contribution in [2.45, 2.75) is 24.5 Å². The molecule has 3 rings (SSSR count). The summed E-state index contributed by atoms with van der Waals surface area (Å²) in [6.45, 7) is -2.06. The Morgan fingerprint density at radius 2 is 2.04 bits per heavy atom. The number of nitrogens with two attached hydrogens (primary N) is 1. The minimum Gasteiger partial charge on any atom is -0.459 e. The highest BCUT2D eigenvalue weighted by atomic mass is 19.1. The molecule has 2 atom stereocenters. The number of aliphatic imine (C=N–C) groups is 1. The second-order valence-corrected chi connectivity index (χ2v) is 6.49. The van der Waals surface area contributed by atoms with E-state index < -0.39 is 48.4 Å². The Balaban J connectivity index is 1.93. The maximum absolute atomic E-state index is 14.5. The fourth-order valence-corrected chi connectivity index (χ4v) is 3.14. The average molecular weight is 395 g/mol. The van der Waals surface area contributed by atoms with Gasteiger partial charge < -0.3 is 10.5 Å². The second-order valence-electron chi connectivity index (χ2n) is 6.49. The van der Waals surface area contributed by atoms with Crippen molar-refractivity contribution < 1.29 is 27.1 Å². The van der Waals surface area contributed by atoms with Gasteiger partial charge in [0, 0.05) is 18.4 Å². The highest BCUT2D eigenvalue weighted by molar-refractivity contribution is 5.95. The molecule has 0 amide bonds. The molecule has 0 fully saturated rings. The molecule has 28 heavy (non-hydrogen) atoms. The number of halogens is 4. The van der Waals surface area contributed by atoms with E-state index >= 15 is 0 Å². The molecule has 0 aliphatic carbocycles. The van der Waals surface area contributed by atoms with Gasteiger partial charge in [0.2, 0.25) is 0 Å². The third-order valence-electron chi connectivity index (χ3n) is 4.48. The summed E-state index contributed by atoms with van der Waals surface area (Å²) in [6.07, 6.45) is -0.551. The first-order valence-corrected chi connectivity index (χ1v) is 8.44. The summed E-state index contributed by atoms with van der Waals surface area (Å²) in [6, 6.07) is 5.66. The minimum absolute atomic E-state index is 0.0401. The van der Waals surface area contributed by atoms with Crippen LogP contribution in [0.25, 0.3) is 0 Å². The second kappa shape index (κ2) is 7.95. The van der Waals surface area contributed by atoms with Crippen molar-refractivity contribution in [3.05, 3.63) is 65.0 Å². The molecule has 0 radical (unpaired) electrons. The minimum atomic E-state index is -1.74. The summed E-state index contributed by atoms with van der Waals surface area (Å²) in [5.41, 5.74) is 4.06. The molecule has 9 heteroatoms. The standard InChI is InChI=1S/C19H17F4N3O2/c20-8-13-7-19(10-21,26-18(24)28-13)14-5-11(1-3-15(14)23)6-17(27)16-4-2-12(22)9-25-16/h1-5,9,13H,6-8,10H2,(H2,24,26)/t13-,19+/m0/s1. The van der Waals surface area contributed by atoms with Crippen LogP contribution >= 0.6 is 0 Å².